The van der Waals surface area contributed by atoms with Crippen molar-refractivity contribution in [2.24, 2.45) is 0 Å². The summed E-state index contributed by atoms with van der Waals surface area (Å²) in [7, 11) is 0. The fourth-order valence-corrected chi connectivity index (χ4v) is 3.71. The Bertz CT molecular complexity index is 839. The molecule has 0 unspecified atom stereocenters. The molecule has 24 heavy (non-hydrogen) atoms. The SMILES string of the molecule is CSc1cccc(-c2cnc3ccc(OC4CCCCC4)nn23)c1. The maximum Gasteiger partial charge on any atom is 0.232 e. The van der Waals surface area contributed by atoms with Crippen LogP contribution in [0.4, 0.5) is 0 Å². The zero-order chi connectivity index (χ0) is 16.4. The van der Waals surface area contributed by atoms with Gasteiger partial charge in [0, 0.05) is 16.5 Å². The van der Waals surface area contributed by atoms with Crippen LogP contribution >= 0.6 is 11.8 Å². The largest absolute Gasteiger partial charge is 0.473 e. The average molecular weight is 339 g/mol. The molecule has 3 aromatic rings. The summed E-state index contributed by atoms with van der Waals surface area (Å²) in [6.07, 6.45) is 10.4. The van der Waals surface area contributed by atoms with Crippen molar-refractivity contribution in [2.45, 2.75) is 43.1 Å². The van der Waals surface area contributed by atoms with Crippen LogP contribution in [0.3, 0.4) is 0 Å². The van der Waals surface area contributed by atoms with E-state index in [0.717, 1.165) is 29.7 Å². The smallest absolute Gasteiger partial charge is 0.232 e. The zero-order valence-corrected chi connectivity index (χ0v) is 14.6. The summed E-state index contributed by atoms with van der Waals surface area (Å²) in [5.41, 5.74) is 2.96. The number of fused-ring (bicyclic) bond motifs is 1. The molecule has 4 rings (SSSR count). The van der Waals surface area contributed by atoms with Gasteiger partial charge in [-0.3, -0.25) is 0 Å². The fraction of sp³-hybridized carbons (Fsp3) is 0.368. The molecule has 1 aromatic carbocycles. The monoisotopic (exact) mass is 339 g/mol. The van der Waals surface area contributed by atoms with Gasteiger partial charge in [0.1, 0.15) is 6.10 Å². The predicted molar refractivity (Wildman–Crippen MR) is 97.7 cm³/mol. The van der Waals surface area contributed by atoms with Crippen molar-refractivity contribution in [1.82, 2.24) is 14.6 Å². The first kappa shape index (κ1) is 15.5. The fourth-order valence-electron chi connectivity index (χ4n) is 3.25. The molecule has 0 aliphatic heterocycles. The number of rotatable bonds is 4. The second-order valence-corrected chi connectivity index (χ2v) is 7.07. The van der Waals surface area contributed by atoms with Gasteiger partial charge in [0.05, 0.1) is 11.9 Å². The molecule has 1 aliphatic carbocycles. The van der Waals surface area contributed by atoms with Crippen LogP contribution in [0.2, 0.25) is 0 Å². The van der Waals surface area contributed by atoms with E-state index in [-0.39, 0.29) is 0 Å². The molecule has 5 heteroatoms. The normalized spacial score (nSPS) is 15.7. The molecule has 0 amide bonds. The van der Waals surface area contributed by atoms with Gasteiger partial charge in [-0.25, -0.2) is 9.50 Å². The lowest BCUT2D eigenvalue weighted by Gasteiger charge is -2.22. The Kier molecular flexibility index (Phi) is 4.43. The molecular weight excluding hydrogens is 318 g/mol. The van der Waals surface area contributed by atoms with E-state index in [9.17, 15) is 0 Å². The maximum atomic E-state index is 6.10. The Morgan fingerprint density at radius 1 is 1.12 bits per heavy atom. The van der Waals surface area contributed by atoms with Crippen LogP contribution in [-0.2, 0) is 0 Å². The number of ether oxygens (including phenoxy) is 1. The van der Waals surface area contributed by atoms with Crippen molar-refractivity contribution in [3.05, 3.63) is 42.6 Å². The number of benzene rings is 1. The van der Waals surface area contributed by atoms with Crippen LogP contribution in [0.15, 0.2) is 47.5 Å². The number of hydrogen-bond acceptors (Lipinski definition) is 4. The molecule has 0 saturated heterocycles. The minimum Gasteiger partial charge on any atom is -0.473 e. The molecule has 1 saturated carbocycles. The predicted octanol–water partition coefficient (Wildman–Crippen LogP) is 4.83. The summed E-state index contributed by atoms with van der Waals surface area (Å²) in [4.78, 5) is 5.71. The average Bonchev–Trinajstić information content (AvgIpc) is 3.06. The van der Waals surface area contributed by atoms with E-state index in [2.05, 4.69) is 40.6 Å². The Morgan fingerprint density at radius 3 is 2.83 bits per heavy atom. The summed E-state index contributed by atoms with van der Waals surface area (Å²) in [6.45, 7) is 0. The summed E-state index contributed by atoms with van der Waals surface area (Å²) < 4.78 is 7.99. The number of thioether (sulfide) groups is 1. The van der Waals surface area contributed by atoms with E-state index >= 15 is 0 Å². The molecule has 1 fully saturated rings. The van der Waals surface area contributed by atoms with Gasteiger partial charge in [-0.1, -0.05) is 18.6 Å². The quantitative estimate of drug-likeness (QED) is 0.638. The molecule has 2 aromatic heterocycles. The minimum atomic E-state index is 0.301. The number of hydrogen-bond donors (Lipinski definition) is 0. The van der Waals surface area contributed by atoms with Crippen molar-refractivity contribution in [3.63, 3.8) is 0 Å². The van der Waals surface area contributed by atoms with E-state index in [1.807, 2.05) is 22.8 Å². The van der Waals surface area contributed by atoms with Crippen molar-refractivity contribution in [1.29, 1.82) is 0 Å². The van der Waals surface area contributed by atoms with E-state index in [1.165, 1.54) is 24.2 Å². The number of aromatic nitrogens is 3. The summed E-state index contributed by atoms with van der Waals surface area (Å²) in [5, 5.41) is 4.69. The molecule has 0 spiro atoms. The Labute approximate surface area is 146 Å². The first-order chi connectivity index (χ1) is 11.8. The van der Waals surface area contributed by atoms with Crippen LogP contribution in [0, 0.1) is 0 Å². The van der Waals surface area contributed by atoms with Crippen LogP contribution in [0.5, 0.6) is 5.88 Å². The van der Waals surface area contributed by atoms with E-state index in [4.69, 9.17) is 4.74 Å². The van der Waals surface area contributed by atoms with Crippen LogP contribution in [0.25, 0.3) is 16.9 Å². The van der Waals surface area contributed by atoms with Crippen molar-refractivity contribution < 1.29 is 4.74 Å². The third-order valence-corrected chi connectivity index (χ3v) is 5.27. The van der Waals surface area contributed by atoms with Crippen LogP contribution in [-0.4, -0.2) is 27.0 Å². The Balaban J connectivity index is 1.67. The first-order valence-electron chi connectivity index (χ1n) is 8.49. The lowest BCUT2D eigenvalue weighted by atomic mass is 9.98. The van der Waals surface area contributed by atoms with Crippen molar-refractivity contribution >= 4 is 17.4 Å². The Morgan fingerprint density at radius 2 is 2.00 bits per heavy atom. The van der Waals surface area contributed by atoms with Crippen molar-refractivity contribution in [3.8, 4) is 17.1 Å². The number of nitrogens with zero attached hydrogens (tertiary/aromatic N) is 3. The second kappa shape index (κ2) is 6.85. The topological polar surface area (TPSA) is 39.4 Å². The van der Waals surface area contributed by atoms with Crippen molar-refractivity contribution in [2.75, 3.05) is 6.26 Å². The first-order valence-corrected chi connectivity index (χ1v) is 9.72. The van der Waals surface area contributed by atoms with Crippen LogP contribution < -0.4 is 4.74 Å². The van der Waals surface area contributed by atoms with E-state index in [1.54, 1.807) is 11.8 Å². The molecule has 4 nitrogen and oxygen atoms in total. The van der Waals surface area contributed by atoms with E-state index < -0.39 is 0 Å². The molecule has 1 aliphatic rings. The minimum absolute atomic E-state index is 0.301. The molecular formula is C19H21N3OS. The van der Waals surface area contributed by atoms with Crippen LogP contribution in [0.1, 0.15) is 32.1 Å². The lowest BCUT2D eigenvalue weighted by Crippen LogP contribution is -2.20. The lowest BCUT2D eigenvalue weighted by molar-refractivity contribution is 0.147. The highest BCUT2D eigenvalue weighted by molar-refractivity contribution is 7.98. The van der Waals surface area contributed by atoms with Gasteiger partial charge in [-0.15, -0.1) is 16.9 Å². The second-order valence-electron chi connectivity index (χ2n) is 6.19. The molecule has 0 N–H and O–H groups in total. The summed E-state index contributed by atoms with van der Waals surface area (Å²) in [5.74, 6) is 0.690. The summed E-state index contributed by atoms with van der Waals surface area (Å²) >= 11 is 1.74. The maximum absolute atomic E-state index is 6.10. The van der Waals surface area contributed by atoms with Gasteiger partial charge in [0.2, 0.25) is 5.88 Å². The zero-order valence-electron chi connectivity index (χ0n) is 13.8. The van der Waals surface area contributed by atoms with Gasteiger partial charge in [-0.05, 0) is 50.1 Å². The summed E-state index contributed by atoms with van der Waals surface area (Å²) in [6, 6.07) is 12.4. The molecule has 2 heterocycles. The van der Waals surface area contributed by atoms with Gasteiger partial charge >= 0.3 is 0 Å². The molecule has 0 atom stereocenters. The highest BCUT2D eigenvalue weighted by Crippen LogP contribution is 2.26. The standard InChI is InChI=1S/C19H21N3OS/c1-24-16-9-5-6-14(12-16)17-13-20-18-10-11-19(21-22(17)18)23-15-7-3-2-4-8-15/h5-6,9-13,15H,2-4,7-8H2,1H3. The van der Waals surface area contributed by atoms with Gasteiger partial charge in [0.15, 0.2) is 5.65 Å². The molecule has 124 valence electrons. The van der Waals surface area contributed by atoms with E-state index in [0.29, 0.717) is 12.0 Å². The highest BCUT2D eigenvalue weighted by atomic mass is 32.2. The van der Waals surface area contributed by atoms with Gasteiger partial charge in [-0.2, -0.15) is 0 Å². The molecule has 0 radical (unpaired) electrons. The molecule has 0 bridgehead atoms. The highest BCUT2D eigenvalue weighted by Gasteiger charge is 2.16. The Hall–Kier alpha value is -2.01. The number of imidazole rings is 1. The van der Waals surface area contributed by atoms with Gasteiger partial charge in [0.25, 0.3) is 0 Å². The van der Waals surface area contributed by atoms with Gasteiger partial charge < -0.3 is 4.74 Å². The third-order valence-electron chi connectivity index (χ3n) is 4.54. The third kappa shape index (κ3) is 3.13.